The summed E-state index contributed by atoms with van der Waals surface area (Å²) >= 11 is 7.21. The van der Waals surface area contributed by atoms with Crippen LogP contribution >= 0.6 is 31.9 Å². The van der Waals surface area contributed by atoms with E-state index in [1.807, 2.05) is 0 Å². The van der Waals surface area contributed by atoms with Gasteiger partial charge in [0.25, 0.3) is 0 Å². The molecular formula is C15H23Br2N3. The van der Waals surface area contributed by atoms with Crippen molar-refractivity contribution in [3.05, 3.63) is 28.2 Å². The van der Waals surface area contributed by atoms with Gasteiger partial charge in [0.15, 0.2) is 0 Å². The molecule has 0 aliphatic carbocycles. The summed E-state index contributed by atoms with van der Waals surface area (Å²) in [5.41, 5.74) is 2.63. The van der Waals surface area contributed by atoms with Crippen LogP contribution in [0, 0.1) is 0 Å². The zero-order valence-corrected chi connectivity index (χ0v) is 15.5. The van der Waals surface area contributed by atoms with Crippen molar-refractivity contribution in [3.8, 4) is 0 Å². The SMILES string of the molecule is CN(C)CCN1CCN(c2ccc(CBr)cc2Br)CC1. The van der Waals surface area contributed by atoms with E-state index >= 15 is 0 Å². The molecule has 1 aliphatic heterocycles. The highest BCUT2D eigenvalue weighted by atomic mass is 79.9. The second-order valence-electron chi connectivity index (χ2n) is 5.55. The van der Waals surface area contributed by atoms with E-state index in [9.17, 15) is 0 Å². The third-order valence-electron chi connectivity index (χ3n) is 3.74. The fourth-order valence-corrected chi connectivity index (χ4v) is 3.47. The Morgan fingerprint density at radius 3 is 2.40 bits per heavy atom. The van der Waals surface area contributed by atoms with E-state index in [1.165, 1.54) is 22.3 Å². The van der Waals surface area contributed by atoms with Gasteiger partial charge in [0.05, 0.1) is 5.69 Å². The second-order valence-corrected chi connectivity index (χ2v) is 6.97. The quantitative estimate of drug-likeness (QED) is 0.698. The summed E-state index contributed by atoms with van der Waals surface area (Å²) < 4.78 is 1.20. The van der Waals surface area contributed by atoms with E-state index in [4.69, 9.17) is 0 Å². The normalized spacial score (nSPS) is 16.9. The maximum Gasteiger partial charge on any atom is 0.0511 e. The molecule has 0 radical (unpaired) electrons. The highest BCUT2D eigenvalue weighted by Gasteiger charge is 2.18. The molecule has 1 fully saturated rings. The van der Waals surface area contributed by atoms with Crippen molar-refractivity contribution >= 4 is 37.5 Å². The lowest BCUT2D eigenvalue weighted by atomic mass is 10.2. The minimum Gasteiger partial charge on any atom is -0.368 e. The minimum absolute atomic E-state index is 0.907. The van der Waals surface area contributed by atoms with E-state index < -0.39 is 0 Å². The molecule has 3 nitrogen and oxygen atoms in total. The van der Waals surface area contributed by atoms with Gasteiger partial charge in [0.1, 0.15) is 0 Å². The third-order valence-corrected chi connectivity index (χ3v) is 5.03. The number of hydrogen-bond acceptors (Lipinski definition) is 3. The zero-order chi connectivity index (χ0) is 14.5. The molecule has 0 bridgehead atoms. The third kappa shape index (κ3) is 4.45. The summed E-state index contributed by atoms with van der Waals surface area (Å²) in [4.78, 5) is 7.29. The molecule has 1 heterocycles. The van der Waals surface area contributed by atoms with Crippen LogP contribution in [0.3, 0.4) is 0 Å². The average Bonchev–Trinajstić information content (AvgIpc) is 2.45. The van der Waals surface area contributed by atoms with E-state index in [0.717, 1.165) is 38.1 Å². The van der Waals surface area contributed by atoms with E-state index in [1.54, 1.807) is 0 Å². The number of anilines is 1. The number of halogens is 2. The van der Waals surface area contributed by atoms with Gasteiger partial charge in [-0.2, -0.15) is 0 Å². The average molecular weight is 405 g/mol. The molecule has 1 aromatic rings. The summed E-state index contributed by atoms with van der Waals surface area (Å²) in [5.74, 6) is 0. The molecule has 0 N–H and O–H groups in total. The molecular weight excluding hydrogens is 382 g/mol. The van der Waals surface area contributed by atoms with Gasteiger partial charge in [-0.3, -0.25) is 4.90 Å². The highest BCUT2D eigenvalue weighted by molar-refractivity contribution is 9.10. The Labute approximate surface area is 139 Å². The molecule has 0 atom stereocenters. The van der Waals surface area contributed by atoms with Gasteiger partial charge in [0.2, 0.25) is 0 Å². The van der Waals surface area contributed by atoms with Crippen LogP contribution in [0.4, 0.5) is 5.69 Å². The number of piperazine rings is 1. The first-order chi connectivity index (χ1) is 9.60. The van der Waals surface area contributed by atoms with Gasteiger partial charge >= 0.3 is 0 Å². The van der Waals surface area contributed by atoms with E-state index in [-0.39, 0.29) is 0 Å². The van der Waals surface area contributed by atoms with Gasteiger partial charge < -0.3 is 9.80 Å². The van der Waals surface area contributed by atoms with Gasteiger partial charge in [-0.1, -0.05) is 22.0 Å². The van der Waals surface area contributed by atoms with Gasteiger partial charge in [-0.25, -0.2) is 0 Å². The molecule has 1 saturated heterocycles. The molecule has 112 valence electrons. The number of likely N-dealkylation sites (N-methyl/N-ethyl adjacent to an activating group) is 1. The Balaban J connectivity index is 1.90. The molecule has 5 heteroatoms. The van der Waals surface area contributed by atoms with Crippen LogP contribution in [-0.4, -0.2) is 63.2 Å². The van der Waals surface area contributed by atoms with E-state index in [2.05, 4.69) is 78.9 Å². The van der Waals surface area contributed by atoms with Crippen molar-refractivity contribution in [1.82, 2.24) is 9.80 Å². The smallest absolute Gasteiger partial charge is 0.0511 e. The molecule has 0 aromatic heterocycles. The topological polar surface area (TPSA) is 9.72 Å². The molecule has 0 spiro atoms. The number of nitrogens with zero attached hydrogens (tertiary/aromatic N) is 3. The van der Waals surface area contributed by atoms with Crippen molar-refractivity contribution in [3.63, 3.8) is 0 Å². The van der Waals surface area contributed by atoms with Gasteiger partial charge in [-0.15, -0.1) is 0 Å². The summed E-state index contributed by atoms with van der Waals surface area (Å²) in [7, 11) is 4.28. The Morgan fingerprint density at radius 2 is 1.85 bits per heavy atom. The number of hydrogen-bond donors (Lipinski definition) is 0. The second kappa shape index (κ2) is 7.78. The first-order valence-electron chi connectivity index (χ1n) is 7.06. The number of benzene rings is 1. The monoisotopic (exact) mass is 403 g/mol. The van der Waals surface area contributed by atoms with Crippen LogP contribution in [-0.2, 0) is 5.33 Å². The van der Waals surface area contributed by atoms with Crippen molar-refractivity contribution in [2.75, 3.05) is 58.3 Å². The fraction of sp³-hybridized carbons (Fsp3) is 0.600. The van der Waals surface area contributed by atoms with Crippen molar-refractivity contribution in [2.45, 2.75) is 5.33 Å². The lowest BCUT2D eigenvalue weighted by Gasteiger charge is -2.37. The number of alkyl halides is 1. The lowest BCUT2D eigenvalue weighted by Crippen LogP contribution is -2.48. The molecule has 0 amide bonds. The lowest BCUT2D eigenvalue weighted by molar-refractivity contribution is 0.229. The molecule has 0 saturated carbocycles. The van der Waals surface area contributed by atoms with Crippen LogP contribution in [0.25, 0.3) is 0 Å². The molecule has 20 heavy (non-hydrogen) atoms. The molecule has 0 unspecified atom stereocenters. The van der Waals surface area contributed by atoms with E-state index in [0.29, 0.717) is 0 Å². The van der Waals surface area contributed by atoms with Gasteiger partial charge in [0, 0.05) is 49.1 Å². The van der Waals surface area contributed by atoms with Crippen molar-refractivity contribution in [1.29, 1.82) is 0 Å². The highest BCUT2D eigenvalue weighted by Crippen LogP contribution is 2.28. The maximum absolute atomic E-state index is 3.71. The zero-order valence-electron chi connectivity index (χ0n) is 12.3. The summed E-state index contributed by atoms with van der Waals surface area (Å²) in [6.07, 6.45) is 0. The Kier molecular flexibility index (Phi) is 6.33. The Hall–Kier alpha value is -0.100. The first kappa shape index (κ1) is 16.3. The summed E-state index contributed by atoms with van der Waals surface area (Å²) in [6, 6.07) is 6.64. The predicted molar refractivity (Wildman–Crippen MR) is 94.0 cm³/mol. The Bertz CT molecular complexity index is 429. The Morgan fingerprint density at radius 1 is 1.15 bits per heavy atom. The molecule has 2 rings (SSSR count). The van der Waals surface area contributed by atoms with Crippen molar-refractivity contribution in [2.24, 2.45) is 0 Å². The summed E-state index contributed by atoms with van der Waals surface area (Å²) in [5, 5.41) is 0.907. The summed E-state index contributed by atoms with van der Waals surface area (Å²) in [6.45, 7) is 6.84. The van der Waals surface area contributed by atoms with Crippen molar-refractivity contribution < 1.29 is 0 Å². The van der Waals surface area contributed by atoms with Crippen LogP contribution in [0.2, 0.25) is 0 Å². The van der Waals surface area contributed by atoms with Crippen LogP contribution < -0.4 is 4.90 Å². The maximum atomic E-state index is 3.71. The minimum atomic E-state index is 0.907. The molecule has 1 aliphatic rings. The largest absolute Gasteiger partial charge is 0.368 e. The van der Waals surface area contributed by atoms with Crippen LogP contribution in [0.5, 0.6) is 0 Å². The first-order valence-corrected chi connectivity index (χ1v) is 8.98. The van der Waals surface area contributed by atoms with Crippen LogP contribution in [0.15, 0.2) is 22.7 Å². The molecule has 1 aromatic carbocycles. The fourth-order valence-electron chi connectivity index (χ4n) is 2.44. The van der Waals surface area contributed by atoms with Gasteiger partial charge in [-0.05, 0) is 47.7 Å². The van der Waals surface area contributed by atoms with Crippen LogP contribution in [0.1, 0.15) is 5.56 Å². The predicted octanol–water partition coefficient (Wildman–Crippen LogP) is 3.03. The standard InChI is InChI=1S/C15H23Br2N3/c1-18(2)5-6-19-7-9-20(10-8-19)15-4-3-13(12-16)11-14(15)17/h3-4,11H,5-10,12H2,1-2H3. The number of rotatable bonds is 5.